The topological polar surface area (TPSA) is 42.0 Å². The molecule has 3 nitrogen and oxygen atoms in total. The number of anilines is 1. The maximum atomic E-state index is 12.2. The molecule has 0 unspecified atom stereocenters. The van der Waals surface area contributed by atoms with Gasteiger partial charge in [-0.1, -0.05) is 45.7 Å². The minimum atomic E-state index is -0.105. The van der Waals surface area contributed by atoms with Crippen molar-refractivity contribution in [2.75, 3.05) is 5.32 Å². The van der Waals surface area contributed by atoms with Gasteiger partial charge in [0, 0.05) is 26.1 Å². The van der Waals surface area contributed by atoms with Gasteiger partial charge in [0.15, 0.2) is 0 Å². The molecular formula is C18H14BrClN2OS. The highest BCUT2D eigenvalue weighted by atomic mass is 79.9. The van der Waals surface area contributed by atoms with Gasteiger partial charge in [-0.05, 0) is 36.8 Å². The first-order valence-corrected chi connectivity index (χ1v) is 9.33. The molecule has 122 valence electrons. The lowest BCUT2D eigenvalue weighted by Gasteiger charge is -2.08. The molecule has 1 N–H and O–H groups in total. The normalized spacial score (nSPS) is 10.6. The molecule has 1 amide bonds. The van der Waals surface area contributed by atoms with Gasteiger partial charge >= 0.3 is 0 Å². The zero-order chi connectivity index (χ0) is 17.1. The number of carbonyl (C=O) groups is 1. The Bertz CT molecular complexity index is 894. The third-order valence-electron chi connectivity index (χ3n) is 3.51. The van der Waals surface area contributed by atoms with Crippen molar-refractivity contribution in [2.45, 2.75) is 13.3 Å². The Hall–Kier alpha value is -1.69. The lowest BCUT2D eigenvalue weighted by molar-refractivity contribution is -0.115. The lowest BCUT2D eigenvalue weighted by atomic mass is 10.2. The second kappa shape index (κ2) is 7.47. The van der Waals surface area contributed by atoms with Crippen molar-refractivity contribution in [3.63, 3.8) is 0 Å². The Balaban J connectivity index is 1.70. The number of nitrogens with zero attached hydrogens (tertiary/aromatic N) is 1. The minimum absolute atomic E-state index is 0.105. The highest BCUT2D eigenvalue weighted by molar-refractivity contribution is 9.10. The Labute approximate surface area is 157 Å². The number of halogens is 2. The fourth-order valence-electron chi connectivity index (χ4n) is 2.24. The van der Waals surface area contributed by atoms with Crippen LogP contribution in [0, 0.1) is 6.92 Å². The van der Waals surface area contributed by atoms with Crippen LogP contribution in [-0.2, 0) is 11.2 Å². The second-order valence-electron chi connectivity index (χ2n) is 5.29. The van der Waals surface area contributed by atoms with Crippen LogP contribution in [-0.4, -0.2) is 10.9 Å². The van der Waals surface area contributed by atoms with E-state index in [1.807, 2.05) is 48.7 Å². The third-order valence-corrected chi connectivity index (χ3v) is 5.35. The molecule has 24 heavy (non-hydrogen) atoms. The largest absolute Gasteiger partial charge is 0.325 e. The standard InChI is InChI=1S/C18H14BrClN2OS/c1-11-15(20)6-3-7-16(11)22-17(23)9-14-10-24-18(21-14)12-4-2-5-13(19)8-12/h2-8,10H,9H2,1H3,(H,22,23). The number of rotatable bonds is 4. The molecule has 0 saturated heterocycles. The first-order chi connectivity index (χ1) is 11.5. The van der Waals surface area contributed by atoms with E-state index in [1.54, 1.807) is 6.07 Å². The predicted molar refractivity (Wildman–Crippen MR) is 104 cm³/mol. The first-order valence-electron chi connectivity index (χ1n) is 7.28. The summed E-state index contributed by atoms with van der Waals surface area (Å²) in [6.45, 7) is 1.88. The van der Waals surface area contributed by atoms with Gasteiger partial charge in [-0.25, -0.2) is 4.98 Å². The minimum Gasteiger partial charge on any atom is -0.325 e. The van der Waals surface area contributed by atoms with E-state index in [1.165, 1.54) is 11.3 Å². The average Bonchev–Trinajstić information content (AvgIpc) is 3.00. The van der Waals surface area contributed by atoms with Gasteiger partial charge in [-0.15, -0.1) is 11.3 Å². The van der Waals surface area contributed by atoms with Crippen LogP contribution in [0.5, 0.6) is 0 Å². The molecule has 0 bridgehead atoms. The summed E-state index contributed by atoms with van der Waals surface area (Å²) in [5, 5.41) is 6.35. The summed E-state index contributed by atoms with van der Waals surface area (Å²) in [6.07, 6.45) is 0.233. The maximum absolute atomic E-state index is 12.2. The summed E-state index contributed by atoms with van der Waals surface area (Å²) in [5.41, 5.74) is 3.38. The molecular weight excluding hydrogens is 408 g/mol. The van der Waals surface area contributed by atoms with Crippen molar-refractivity contribution in [1.82, 2.24) is 4.98 Å². The monoisotopic (exact) mass is 420 g/mol. The van der Waals surface area contributed by atoms with E-state index in [-0.39, 0.29) is 12.3 Å². The quantitative estimate of drug-likeness (QED) is 0.586. The number of hydrogen-bond acceptors (Lipinski definition) is 3. The maximum Gasteiger partial charge on any atom is 0.230 e. The summed E-state index contributed by atoms with van der Waals surface area (Å²) in [7, 11) is 0. The number of aromatic nitrogens is 1. The Morgan fingerprint density at radius 2 is 2.08 bits per heavy atom. The van der Waals surface area contributed by atoms with Crippen molar-refractivity contribution < 1.29 is 4.79 Å². The van der Waals surface area contributed by atoms with E-state index < -0.39 is 0 Å². The van der Waals surface area contributed by atoms with Gasteiger partial charge in [0.1, 0.15) is 5.01 Å². The summed E-state index contributed by atoms with van der Waals surface area (Å²) in [4.78, 5) is 16.8. The van der Waals surface area contributed by atoms with Crippen LogP contribution in [0.15, 0.2) is 52.3 Å². The molecule has 0 radical (unpaired) electrons. The van der Waals surface area contributed by atoms with Crippen LogP contribution in [0.25, 0.3) is 10.6 Å². The smallest absolute Gasteiger partial charge is 0.230 e. The van der Waals surface area contributed by atoms with Crippen LogP contribution < -0.4 is 5.32 Å². The van der Waals surface area contributed by atoms with Gasteiger partial charge in [-0.3, -0.25) is 4.79 Å². The van der Waals surface area contributed by atoms with Gasteiger partial charge in [0.2, 0.25) is 5.91 Å². The van der Waals surface area contributed by atoms with Gasteiger partial charge in [0.05, 0.1) is 12.1 Å². The number of hydrogen-bond donors (Lipinski definition) is 1. The molecule has 2 aromatic carbocycles. The van der Waals surface area contributed by atoms with Gasteiger partial charge < -0.3 is 5.32 Å². The van der Waals surface area contributed by atoms with Crippen molar-refractivity contribution in [3.05, 3.63) is 68.6 Å². The molecule has 1 aromatic heterocycles. The second-order valence-corrected chi connectivity index (χ2v) is 7.47. The fraction of sp³-hybridized carbons (Fsp3) is 0.111. The van der Waals surface area contributed by atoms with Crippen LogP contribution in [0.2, 0.25) is 5.02 Å². The van der Waals surface area contributed by atoms with E-state index in [2.05, 4.69) is 26.2 Å². The summed E-state index contributed by atoms with van der Waals surface area (Å²) < 4.78 is 1.01. The zero-order valence-corrected chi connectivity index (χ0v) is 16.0. The van der Waals surface area contributed by atoms with Crippen LogP contribution in [0.4, 0.5) is 5.69 Å². The first kappa shape index (κ1) is 17.1. The van der Waals surface area contributed by atoms with Crippen molar-refractivity contribution >= 4 is 50.5 Å². The highest BCUT2D eigenvalue weighted by Crippen LogP contribution is 2.27. The molecule has 0 aliphatic carbocycles. The summed E-state index contributed by atoms with van der Waals surface area (Å²) in [6, 6.07) is 13.4. The molecule has 6 heteroatoms. The van der Waals surface area contributed by atoms with Crippen LogP contribution in [0.1, 0.15) is 11.3 Å². The van der Waals surface area contributed by atoms with E-state index in [0.717, 1.165) is 32.0 Å². The molecule has 3 rings (SSSR count). The summed E-state index contributed by atoms with van der Waals surface area (Å²) in [5.74, 6) is -0.105. The molecule has 0 saturated carbocycles. The fourth-order valence-corrected chi connectivity index (χ4v) is 3.63. The van der Waals surface area contributed by atoms with Crippen molar-refractivity contribution in [1.29, 1.82) is 0 Å². The van der Waals surface area contributed by atoms with E-state index in [0.29, 0.717) is 5.02 Å². The third kappa shape index (κ3) is 4.04. The lowest BCUT2D eigenvalue weighted by Crippen LogP contribution is -2.15. The highest BCUT2D eigenvalue weighted by Gasteiger charge is 2.11. The van der Waals surface area contributed by atoms with E-state index >= 15 is 0 Å². The SMILES string of the molecule is Cc1c(Cl)cccc1NC(=O)Cc1csc(-c2cccc(Br)c2)n1. The molecule has 3 aromatic rings. The molecule has 1 heterocycles. The zero-order valence-electron chi connectivity index (χ0n) is 12.8. The van der Waals surface area contributed by atoms with Crippen LogP contribution >= 0.6 is 38.9 Å². The average molecular weight is 422 g/mol. The summed E-state index contributed by atoms with van der Waals surface area (Å²) >= 11 is 11.1. The number of benzene rings is 2. The molecule has 0 spiro atoms. The Kier molecular flexibility index (Phi) is 5.33. The van der Waals surface area contributed by atoms with Crippen molar-refractivity contribution in [2.24, 2.45) is 0 Å². The molecule has 0 aliphatic rings. The number of thiazole rings is 1. The van der Waals surface area contributed by atoms with E-state index in [4.69, 9.17) is 11.6 Å². The number of amides is 1. The van der Waals surface area contributed by atoms with Gasteiger partial charge in [0.25, 0.3) is 0 Å². The van der Waals surface area contributed by atoms with Crippen molar-refractivity contribution in [3.8, 4) is 10.6 Å². The molecule has 0 aliphatic heterocycles. The molecule has 0 atom stereocenters. The number of carbonyl (C=O) groups excluding carboxylic acids is 1. The van der Waals surface area contributed by atoms with Gasteiger partial charge in [-0.2, -0.15) is 0 Å². The van der Waals surface area contributed by atoms with Crippen LogP contribution in [0.3, 0.4) is 0 Å². The predicted octanol–water partition coefficient (Wildman–Crippen LogP) is 5.72. The number of nitrogens with one attached hydrogen (secondary N) is 1. The molecule has 0 fully saturated rings. The Morgan fingerprint density at radius 1 is 1.29 bits per heavy atom. The van der Waals surface area contributed by atoms with E-state index in [9.17, 15) is 4.79 Å². The Morgan fingerprint density at radius 3 is 2.88 bits per heavy atom.